The van der Waals surface area contributed by atoms with Gasteiger partial charge in [0.1, 0.15) is 17.2 Å². The highest BCUT2D eigenvalue weighted by Gasteiger charge is 2.40. The van der Waals surface area contributed by atoms with Crippen molar-refractivity contribution in [3.05, 3.63) is 52.3 Å². The van der Waals surface area contributed by atoms with Gasteiger partial charge in [-0.05, 0) is 74.1 Å². The molecular weight excluding hydrogens is 381 g/mol. The largest absolute Gasteiger partial charge is 0.488 e. The van der Waals surface area contributed by atoms with E-state index in [0.29, 0.717) is 33.9 Å². The first-order valence-electron chi connectivity index (χ1n) is 9.18. The Labute approximate surface area is 169 Å². The highest BCUT2D eigenvalue weighted by atomic mass is 35.5. The van der Waals surface area contributed by atoms with Crippen LogP contribution in [0, 0.1) is 11.2 Å². The van der Waals surface area contributed by atoms with E-state index < -0.39 is 18.0 Å². The van der Waals surface area contributed by atoms with Gasteiger partial charge in [-0.3, -0.25) is 0 Å². The van der Waals surface area contributed by atoms with Crippen molar-refractivity contribution in [2.24, 2.45) is 5.41 Å². The maximum absolute atomic E-state index is 15.0. The van der Waals surface area contributed by atoms with E-state index in [2.05, 4.69) is 5.32 Å². The molecule has 0 bridgehead atoms. The first kappa shape index (κ1) is 20.5. The molecule has 1 aliphatic rings. The molecule has 4 nitrogen and oxygen atoms in total. The van der Waals surface area contributed by atoms with Crippen LogP contribution >= 0.6 is 11.6 Å². The molecule has 0 fully saturated rings. The summed E-state index contributed by atoms with van der Waals surface area (Å²) in [6, 6.07) is 7.96. The number of carboxylic acid groups (broad SMARTS) is 1. The van der Waals surface area contributed by atoms with Gasteiger partial charge in [0, 0.05) is 11.1 Å². The van der Waals surface area contributed by atoms with Crippen molar-refractivity contribution in [2.45, 2.75) is 52.7 Å². The number of fused-ring (bicyclic) bond motifs is 1. The second kappa shape index (κ2) is 6.96. The minimum Gasteiger partial charge on any atom is -0.488 e. The summed E-state index contributed by atoms with van der Waals surface area (Å²) in [6.07, 6.45) is -0.475. The number of halogens is 2. The highest BCUT2D eigenvalue weighted by Crippen LogP contribution is 2.47. The Morgan fingerprint density at radius 1 is 1.25 bits per heavy atom. The quantitative estimate of drug-likeness (QED) is 0.637. The Bertz CT molecular complexity index is 934. The SMILES string of the molecule is CC(C)(C)Oc1ccc(-c2cc3c(cc2F)[C@H](NC(=O)O)C(C)(C)C3)c(Cl)c1. The molecule has 28 heavy (non-hydrogen) atoms. The Kier molecular flexibility index (Phi) is 5.09. The molecule has 6 heteroatoms. The summed E-state index contributed by atoms with van der Waals surface area (Å²) < 4.78 is 20.8. The number of hydrogen-bond donors (Lipinski definition) is 2. The first-order valence-corrected chi connectivity index (χ1v) is 9.56. The number of ether oxygens (including phenoxy) is 1. The van der Waals surface area contributed by atoms with Crippen LogP contribution in [0.15, 0.2) is 30.3 Å². The highest BCUT2D eigenvalue weighted by molar-refractivity contribution is 6.33. The molecule has 0 aliphatic heterocycles. The second-order valence-corrected chi connectivity index (χ2v) is 9.34. The molecule has 0 heterocycles. The van der Waals surface area contributed by atoms with Crippen molar-refractivity contribution >= 4 is 17.7 Å². The predicted octanol–water partition coefficient (Wildman–Crippen LogP) is 6.21. The number of rotatable bonds is 3. The molecule has 0 aromatic heterocycles. The van der Waals surface area contributed by atoms with Crippen LogP contribution in [0.4, 0.5) is 9.18 Å². The van der Waals surface area contributed by atoms with Gasteiger partial charge in [-0.25, -0.2) is 9.18 Å². The predicted molar refractivity (Wildman–Crippen MR) is 109 cm³/mol. The standard InChI is InChI=1S/C22H25ClFNO3/c1-21(2,3)28-13-6-7-14(17(23)9-13)16-8-12-11-22(4,5)19(25-20(26)27)15(12)10-18(16)24/h6-10,19,25H,11H2,1-5H3,(H,26,27)/t19-/m0/s1. The Morgan fingerprint density at radius 2 is 1.93 bits per heavy atom. The van der Waals surface area contributed by atoms with Crippen molar-refractivity contribution in [2.75, 3.05) is 0 Å². The lowest BCUT2D eigenvalue weighted by Gasteiger charge is -2.27. The fraction of sp³-hybridized carbons (Fsp3) is 0.409. The van der Waals surface area contributed by atoms with Gasteiger partial charge in [-0.2, -0.15) is 0 Å². The average Bonchev–Trinajstić information content (AvgIpc) is 2.75. The first-order chi connectivity index (χ1) is 12.9. The third kappa shape index (κ3) is 4.09. The summed E-state index contributed by atoms with van der Waals surface area (Å²) >= 11 is 6.43. The fourth-order valence-corrected chi connectivity index (χ4v) is 4.08. The summed E-state index contributed by atoms with van der Waals surface area (Å²) in [5, 5.41) is 12.1. The van der Waals surface area contributed by atoms with E-state index in [-0.39, 0.29) is 11.0 Å². The third-order valence-corrected chi connectivity index (χ3v) is 5.20. The molecule has 1 aliphatic carbocycles. The summed E-state index contributed by atoms with van der Waals surface area (Å²) in [7, 11) is 0. The van der Waals surface area contributed by atoms with E-state index >= 15 is 0 Å². The number of hydrogen-bond acceptors (Lipinski definition) is 2. The van der Waals surface area contributed by atoms with Crippen molar-refractivity contribution in [1.29, 1.82) is 0 Å². The van der Waals surface area contributed by atoms with Crippen molar-refractivity contribution in [3.63, 3.8) is 0 Å². The molecule has 2 N–H and O–H groups in total. The Morgan fingerprint density at radius 3 is 2.50 bits per heavy atom. The van der Waals surface area contributed by atoms with Crippen molar-refractivity contribution < 1.29 is 19.0 Å². The summed E-state index contributed by atoms with van der Waals surface area (Å²) in [4.78, 5) is 11.2. The smallest absolute Gasteiger partial charge is 0.405 e. The third-order valence-electron chi connectivity index (χ3n) is 4.89. The molecule has 1 amide bonds. The van der Waals surface area contributed by atoms with Crippen LogP contribution in [0.5, 0.6) is 5.75 Å². The summed E-state index contributed by atoms with van der Waals surface area (Å²) in [6.45, 7) is 9.77. The number of amides is 1. The number of carbonyl (C=O) groups is 1. The average molecular weight is 406 g/mol. The maximum Gasteiger partial charge on any atom is 0.405 e. The molecule has 1 atom stereocenters. The van der Waals surface area contributed by atoms with Gasteiger partial charge in [0.2, 0.25) is 0 Å². The zero-order chi connectivity index (χ0) is 20.9. The van der Waals surface area contributed by atoms with Gasteiger partial charge >= 0.3 is 6.09 Å². The molecule has 0 radical (unpaired) electrons. The van der Waals surface area contributed by atoms with E-state index in [9.17, 15) is 9.18 Å². The lowest BCUT2D eigenvalue weighted by atomic mass is 9.85. The molecule has 2 aromatic carbocycles. The molecule has 0 saturated carbocycles. The molecule has 150 valence electrons. The molecule has 0 spiro atoms. The normalized spacial score (nSPS) is 17.9. The van der Waals surface area contributed by atoms with Crippen molar-refractivity contribution in [1.82, 2.24) is 5.32 Å². The van der Waals surface area contributed by atoms with Gasteiger partial charge < -0.3 is 15.2 Å². The Balaban J connectivity index is 2.01. The minimum absolute atomic E-state index is 0.347. The molecule has 0 saturated heterocycles. The van der Waals surface area contributed by atoms with Crippen LogP contribution in [0.1, 0.15) is 51.8 Å². The van der Waals surface area contributed by atoms with E-state index in [0.717, 1.165) is 5.56 Å². The molecular formula is C22H25ClFNO3. The lowest BCUT2D eigenvalue weighted by Crippen LogP contribution is -2.34. The van der Waals surface area contributed by atoms with E-state index in [1.165, 1.54) is 6.07 Å². The van der Waals surface area contributed by atoms with Gasteiger partial charge in [-0.15, -0.1) is 0 Å². The molecule has 3 rings (SSSR count). The topological polar surface area (TPSA) is 58.6 Å². The van der Waals surface area contributed by atoms with Crippen LogP contribution in [0.2, 0.25) is 5.02 Å². The van der Waals surface area contributed by atoms with E-state index in [1.807, 2.05) is 34.6 Å². The fourth-order valence-electron chi connectivity index (χ4n) is 3.80. The summed E-state index contributed by atoms with van der Waals surface area (Å²) in [5.41, 5.74) is 1.87. The molecule has 0 unspecified atom stereocenters. The molecule has 2 aromatic rings. The van der Waals surface area contributed by atoms with E-state index in [4.69, 9.17) is 21.4 Å². The van der Waals surface area contributed by atoms with Gasteiger partial charge in [0.25, 0.3) is 0 Å². The van der Waals surface area contributed by atoms with Crippen LogP contribution < -0.4 is 10.1 Å². The zero-order valence-electron chi connectivity index (χ0n) is 16.7. The van der Waals surface area contributed by atoms with Gasteiger partial charge in [0.15, 0.2) is 0 Å². The van der Waals surface area contributed by atoms with Crippen LogP contribution in [0.3, 0.4) is 0 Å². The van der Waals surface area contributed by atoms with E-state index in [1.54, 1.807) is 24.3 Å². The minimum atomic E-state index is -1.12. The van der Waals surface area contributed by atoms with Crippen LogP contribution in [0.25, 0.3) is 11.1 Å². The van der Waals surface area contributed by atoms with Crippen LogP contribution in [-0.2, 0) is 6.42 Å². The van der Waals surface area contributed by atoms with Crippen LogP contribution in [-0.4, -0.2) is 16.8 Å². The maximum atomic E-state index is 15.0. The van der Waals surface area contributed by atoms with Gasteiger partial charge in [0.05, 0.1) is 11.1 Å². The monoisotopic (exact) mass is 405 g/mol. The number of nitrogens with one attached hydrogen (secondary N) is 1. The number of benzene rings is 2. The zero-order valence-corrected chi connectivity index (χ0v) is 17.4. The Hall–Kier alpha value is -2.27. The van der Waals surface area contributed by atoms with Crippen molar-refractivity contribution in [3.8, 4) is 16.9 Å². The summed E-state index contributed by atoms with van der Waals surface area (Å²) in [5.74, 6) is 0.190. The lowest BCUT2D eigenvalue weighted by molar-refractivity contribution is 0.131. The second-order valence-electron chi connectivity index (χ2n) is 8.93. The van der Waals surface area contributed by atoms with Gasteiger partial charge in [-0.1, -0.05) is 25.4 Å².